The lowest BCUT2D eigenvalue weighted by Crippen LogP contribution is -2.10. The van der Waals surface area contributed by atoms with Crippen LogP contribution in [0.25, 0.3) is 27.8 Å². The van der Waals surface area contributed by atoms with Gasteiger partial charge in [0, 0.05) is 40.8 Å². The minimum atomic E-state index is -0.0251. The van der Waals surface area contributed by atoms with Gasteiger partial charge in [-0.3, -0.25) is 0 Å². The van der Waals surface area contributed by atoms with Gasteiger partial charge >= 0.3 is 0 Å². The summed E-state index contributed by atoms with van der Waals surface area (Å²) in [7, 11) is 0. The molecule has 3 aromatic heterocycles. The Bertz CT molecular complexity index is 1380. The lowest BCUT2D eigenvalue weighted by Gasteiger charge is -2.13. The van der Waals surface area contributed by atoms with Gasteiger partial charge in [-0.2, -0.15) is 9.61 Å². The summed E-state index contributed by atoms with van der Waals surface area (Å²) in [6, 6.07) is 18.2. The molecule has 6 heteroatoms. The SMILES string of the molecule is CC(C)c1cnn2c(NCCc3c[nH]c4ccccc34)cc(-c3ccccc3CO)nc12. The zero-order chi connectivity index (χ0) is 22.1. The fourth-order valence-corrected chi connectivity index (χ4v) is 4.22. The number of aromatic amines is 1. The van der Waals surface area contributed by atoms with Gasteiger partial charge in [-0.25, -0.2) is 4.98 Å². The molecule has 0 aliphatic heterocycles. The third kappa shape index (κ3) is 3.63. The molecule has 0 spiro atoms. The molecule has 3 heterocycles. The van der Waals surface area contributed by atoms with Gasteiger partial charge < -0.3 is 15.4 Å². The van der Waals surface area contributed by atoms with Crippen LogP contribution in [0.3, 0.4) is 0 Å². The maximum absolute atomic E-state index is 9.83. The van der Waals surface area contributed by atoms with Crippen molar-refractivity contribution in [3.63, 3.8) is 0 Å². The first-order valence-electron chi connectivity index (χ1n) is 11.0. The van der Waals surface area contributed by atoms with Gasteiger partial charge in [0.25, 0.3) is 0 Å². The van der Waals surface area contributed by atoms with Gasteiger partial charge in [-0.05, 0) is 29.5 Å². The molecule has 0 saturated heterocycles. The minimum Gasteiger partial charge on any atom is -0.392 e. The highest BCUT2D eigenvalue weighted by molar-refractivity contribution is 5.83. The Morgan fingerprint density at radius 3 is 2.72 bits per heavy atom. The molecule has 0 saturated carbocycles. The highest BCUT2D eigenvalue weighted by Crippen LogP contribution is 2.29. The van der Waals surface area contributed by atoms with Crippen molar-refractivity contribution in [2.24, 2.45) is 0 Å². The monoisotopic (exact) mass is 425 g/mol. The average molecular weight is 426 g/mol. The van der Waals surface area contributed by atoms with Crippen LogP contribution in [0.4, 0.5) is 5.82 Å². The van der Waals surface area contributed by atoms with Crippen LogP contribution in [0, 0.1) is 0 Å². The van der Waals surface area contributed by atoms with Gasteiger partial charge in [0.2, 0.25) is 0 Å². The normalized spacial score (nSPS) is 11.6. The van der Waals surface area contributed by atoms with Gasteiger partial charge in [-0.15, -0.1) is 0 Å². The number of H-pyrrole nitrogens is 1. The maximum atomic E-state index is 9.83. The number of hydrogen-bond acceptors (Lipinski definition) is 4. The van der Waals surface area contributed by atoms with Crippen LogP contribution >= 0.6 is 0 Å². The molecule has 0 unspecified atom stereocenters. The van der Waals surface area contributed by atoms with E-state index in [9.17, 15) is 5.11 Å². The topological polar surface area (TPSA) is 78.2 Å². The van der Waals surface area contributed by atoms with Gasteiger partial charge in [0.05, 0.1) is 18.5 Å². The van der Waals surface area contributed by atoms with E-state index < -0.39 is 0 Å². The van der Waals surface area contributed by atoms with Crippen molar-refractivity contribution in [1.29, 1.82) is 0 Å². The van der Waals surface area contributed by atoms with Crippen molar-refractivity contribution in [1.82, 2.24) is 19.6 Å². The summed E-state index contributed by atoms with van der Waals surface area (Å²) in [6.07, 6.45) is 4.87. The van der Waals surface area contributed by atoms with Crippen molar-refractivity contribution >= 4 is 22.4 Å². The van der Waals surface area contributed by atoms with Crippen LogP contribution in [0.15, 0.2) is 67.0 Å². The van der Waals surface area contributed by atoms with Crippen molar-refractivity contribution in [2.75, 3.05) is 11.9 Å². The first-order chi connectivity index (χ1) is 15.7. The van der Waals surface area contributed by atoms with E-state index in [4.69, 9.17) is 4.98 Å². The zero-order valence-corrected chi connectivity index (χ0v) is 18.3. The fourth-order valence-electron chi connectivity index (χ4n) is 4.22. The second kappa shape index (κ2) is 8.48. The molecule has 0 radical (unpaired) electrons. The molecule has 5 rings (SSSR count). The number of rotatable bonds is 7. The quantitative estimate of drug-likeness (QED) is 0.337. The van der Waals surface area contributed by atoms with Crippen molar-refractivity contribution < 1.29 is 5.11 Å². The number of hydrogen-bond donors (Lipinski definition) is 3. The number of anilines is 1. The molecule has 6 nitrogen and oxygen atoms in total. The van der Waals surface area contributed by atoms with Crippen LogP contribution in [0.1, 0.15) is 36.5 Å². The van der Waals surface area contributed by atoms with Gasteiger partial charge in [0.15, 0.2) is 5.65 Å². The van der Waals surface area contributed by atoms with E-state index in [0.717, 1.165) is 52.3 Å². The fraction of sp³-hybridized carbons (Fsp3) is 0.231. The highest BCUT2D eigenvalue weighted by atomic mass is 16.3. The van der Waals surface area contributed by atoms with E-state index in [2.05, 4.69) is 53.6 Å². The molecular formula is C26H27N5O. The molecule has 162 valence electrons. The largest absolute Gasteiger partial charge is 0.392 e. The van der Waals surface area contributed by atoms with E-state index in [0.29, 0.717) is 5.92 Å². The lowest BCUT2D eigenvalue weighted by atomic mass is 10.0. The predicted molar refractivity (Wildman–Crippen MR) is 129 cm³/mol. The summed E-state index contributed by atoms with van der Waals surface area (Å²) in [5, 5.41) is 19.3. The van der Waals surface area contributed by atoms with Crippen LogP contribution in [0.2, 0.25) is 0 Å². The van der Waals surface area contributed by atoms with E-state index in [-0.39, 0.29) is 6.61 Å². The highest BCUT2D eigenvalue weighted by Gasteiger charge is 2.16. The summed E-state index contributed by atoms with van der Waals surface area (Å²) < 4.78 is 1.88. The number of aliphatic hydroxyl groups is 1. The second-order valence-electron chi connectivity index (χ2n) is 8.37. The van der Waals surface area contributed by atoms with E-state index >= 15 is 0 Å². The van der Waals surface area contributed by atoms with Crippen LogP contribution in [-0.2, 0) is 13.0 Å². The summed E-state index contributed by atoms with van der Waals surface area (Å²) in [6.45, 7) is 5.04. The summed E-state index contributed by atoms with van der Waals surface area (Å²) in [5.41, 5.74) is 7.03. The second-order valence-corrected chi connectivity index (χ2v) is 8.37. The standard InChI is InChI=1S/C26H27N5O/c1-17(2)22-15-29-31-25(27-12-11-18-14-28-23-10-6-5-8-20(18)23)13-24(30-26(22)31)21-9-4-3-7-19(21)16-32/h3-10,13-15,17,27-28,32H,11-12,16H2,1-2H3. The number of aliphatic hydroxyl groups excluding tert-OH is 1. The van der Waals surface area contributed by atoms with E-state index in [1.807, 2.05) is 47.1 Å². The molecule has 0 bridgehead atoms. The van der Waals surface area contributed by atoms with E-state index in [1.165, 1.54) is 10.9 Å². The lowest BCUT2D eigenvalue weighted by molar-refractivity contribution is 0.282. The Balaban J connectivity index is 1.51. The first kappa shape index (κ1) is 20.3. The molecule has 2 aromatic carbocycles. The van der Waals surface area contributed by atoms with Gasteiger partial charge in [-0.1, -0.05) is 56.3 Å². The van der Waals surface area contributed by atoms with Crippen LogP contribution in [0.5, 0.6) is 0 Å². The Morgan fingerprint density at radius 1 is 1.06 bits per heavy atom. The molecule has 5 aromatic rings. The molecule has 0 fully saturated rings. The maximum Gasteiger partial charge on any atom is 0.161 e. The molecule has 0 atom stereocenters. The third-order valence-corrected chi connectivity index (χ3v) is 5.96. The van der Waals surface area contributed by atoms with Crippen molar-refractivity contribution in [3.8, 4) is 11.3 Å². The molecule has 3 N–H and O–H groups in total. The minimum absolute atomic E-state index is 0.0251. The van der Waals surface area contributed by atoms with Crippen molar-refractivity contribution in [2.45, 2.75) is 32.8 Å². The number of fused-ring (bicyclic) bond motifs is 2. The molecule has 0 aliphatic carbocycles. The molecule has 32 heavy (non-hydrogen) atoms. The van der Waals surface area contributed by atoms with E-state index in [1.54, 1.807) is 0 Å². The Kier molecular flexibility index (Phi) is 5.37. The molecular weight excluding hydrogens is 398 g/mol. The summed E-state index contributed by atoms with van der Waals surface area (Å²) in [4.78, 5) is 8.29. The number of benzene rings is 2. The number of nitrogens with zero attached hydrogens (tertiary/aromatic N) is 3. The van der Waals surface area contributed by atoms with Crippen molar-refractivity contribution in [3.05, 3.63) is 83.7 Å². The Labute approximate surface area is 186 Å². The average Bonchev–Trinajstić information content (AvgIpc) is 3.43. The Morgan fingerprint density at radius 2 is 1.88 bits per heavy atom. The first-order valence-corrected chi connectivity index (χ1v) is 11.0. The third-order valence-electron chi connectivity index (χ3n) is 5.96. The number of nitrogens with one attached hydrogen (secondary N) is 2. The summed E-state index contributed by atoms with van der Waals surface area (Å²) in [5.74, 6) is 1.20. The smallest absolute Gasteiger partial charge is 0.161 e. The van der Waals surface area contributed by atoms with Crippen LogP contribution in [-0.4, -0.2) is 31.2 Å². The molecule has 0 aliphatic rings. The number of aromatic nitrogens is 4. The Hall–Kier alpha value is -3.64. The predicted octanol–water partition coefficient (Wildman–Crippen LogP) is 5.15. The van der Waals surface area contributed by atoms with Gasteiger partial charge in [0.1, 0.15) is 5.82 Å². The number of para-hydroxylation sites is 1. The summed E-state index contributed by atoms with van der Waals surface area (Å²) >= 11 is 0. The molecule has 0 amide bonds. The zero-order valence-electron chi connectivity index (χ0n) is 18.3. The van der Waals surface area contributed by atoms with Crippen LogP contribution < -0.4 is 5.32 Å².